The first kappa shape index (κ1) is 26.3. The van der Waals surface area contributed by atoms with E-state index >= 15 is 0 Å². The number of allylic oxidation sites excluding steroid dienone is 4. The van der Waals surface area contributed by atoms with Crippen LogP contribution >= 0.6 is 0 Å². The van der Waals surface area contributed by atoms with Gasteiger partial charge in [0.25, 0.3) is 5.56 Å². The average molecular weight is 503 g/mol. The molecule has 0 amide bonds. The highest BCUT2D eigenvalue weighted by molar-refractivity contribution is 5.78. The maximum Gasteiger partial charge on any atom is 0.266 e. The molecular weight excluding hydrogens is 468 g/mol. The lowest BCUT2D eigenvalue weighted by Gasteiger charge is -2.39. The van der Waals surface area contributed by atoms with Crippen molar-refractivity contribution in [3.63, 3.8) is 0 Å². The van der Waals surface area contributed by atoms with Gasteiger partial charge < -0.3 is 14.6 Å². The zero-order chi connectivity index (χ0) is 26.2. The van der Waals surface area contributed by atoms with Crippen LogP contribution in [0.2, 0.25) is 0 Å². The van der Waals surface area contributed by atoms with Crippen molar-refractivity contribution in [1.82, 2.24) is 19.4 Å². The number of para-hydroxylation sites is 3. The Balaban J connectivity index is 1.54. The number of hydrogen-bond donors (Lipinski definition) is 1. The third-order valence-corrected chi connectivity index (χ3v) is 6.60. The minimum atomic E-state index is -0.698. The van der Waals surface area contributed by atoms with Crippen LogP contribution in [0, 0.1) is 0 Å². The summed E-state index contributed by atoms with van der Waals surface area (Å²) in [6.07, 6.45) is 7.91. The second-order valence-electron chi connectivity index (χ2n) is 8.81. The summed E-state index contributed by atoms with van der Waals surface area (Å²) < 4.78 is 12.7. The van der Waals surface area contributed by atoms with E-state index in [1.54, 1.807) is 42.2 Å². The highest BCUT2D eigenvalue weighted by atomic mass is 16.5. The van der Waals surface area contributed by atoms with Gasteiger partial charge in [0.05, 0.1) is 36.0 Å². The summed E-state index contributed by atoms with van der Waals surface area (Å²) in [7, 11) is 1.60. The number of aromatic nitrogens is 2. The molecule has 0 bridgehead atoms. The van der Waals surface area contributed by atoms with Crippen molar-refractivity contribution >= 4 is 10.9 Å². The monoisotopic (exact) mass is 502 g/mol. The number of nitrogens with zero attached hydrogens (tertiary/aromatic N) is 4. The third kappa shape index (κ3) is 5.99. The van der Waals surface area contributed by atoms with Gasteiger partial charge in [-0.15, -0.1) is 0 Å². The molecule has 1 aliphatic heterocycles. The van der Waals surface area contributed by atoms with Gasteiger partial charge in [-0.05, 0) is 37.3 Å². The lowest BCUT2D eigenvalue weighted by Crippen LogP contribution is -2.52. The van der Waals surface area contributed by atoms with Gasteiger partial charge in [-0.3, -0.25) is 19.2 Å². The number of hydrogen-bond acceptors (Lipinski definition) is 7. The minimum absolute atomic E-state index is 0.126. The predicted molar refractivity (Wildman–Crippen MR) is 146 cm³/mol. The number of aliphatic hydroxyl groups is 1. The number of rotatable bonds is 10. The Kier molecular flexibility index (Phi) is 8.90. The van der Waals surface area contributed by atoms with Crippen molar-refractivity contribution in [1.29, 1.82) is 0 Å². The van der Waals surface area contributed by atoms with E-state index in [4.69, 9.17) is 14.5 Å². The summed E-state index contributed by atoms with van der Waals surface area (Å²) in [5.41, 5.74) is 1.21. The van der Waals surface area contributed by atoms with Crippen molar-refractivity contribution in [2.24, 2.45) is 0 Å². The summed E-state index contributed by atoms with van der Waals surface area (Å²) in [4.78, 5) is 22.9. The smallest absolute Gasteiger partial charge is 0.266 e. The summed E-state index contributed by atoms with van der Waals surface area (Å²) >= 11 is 0. The Labute approximate surface area is 217 Å². The second kappa shape index (κ2) is 12.5. The van der Waals surface area contributed by atoms with Crippen LogP contribution in [0.15, 0.2) is 90.5 Å². The van der Waals surface area contributed by atoms with E-state index in [2.05, 4.69) is 18.4 Å². The van der Waals surface area contributed by atoms with E-state index < -0.39 is 6.23 Å². The molecule has 37 heavy (non-hydrogen) atoms. The maximum absolute atomic E-state index is 13.7. The number of methoxy groups -OCH3 is 1. The molecule has 0 aliphatic carbocycles. The van der Waals surface area contributed by atoms with Gasteiger partial charge in [0.15, 0.2) is 0 Å². The van der Waals surface area contributed by atoms with Gasteiger partial charge in [0, 0.05) is 26.2 Å². The van der Waals surface area contributed by atoms with Crippen molar-refractivity contribution in [2.45, 2.75) is 19.2 Å². The molecule has 2 heterocycles. The first-order valence-electron chi connectivity index (χ1n) is 12.4. The van der Waals surface area contributed by atoms with Gasteiger partial charge in [-0.25, -0.2) is 4.98 Å². The summed E-state index contributed by atoms with van der Waals surface area (Å²) in [5.74, 6) is 1.26. The lowest BCUT2D eigenvalue weighted by atomic mass is 10.1. The van der Waals surface area contributed by atoms with Gasteiger partial charge >= 0.3 is 0 Å². The van der Waals surface area contributed by atoms with E-state index in [1.165, 1.54) is 0 Å². The molecule has 8 nitrogen and oxygen atoms in total. The highest BCUT2D eigenvalue weighted by Crippen LogP contribution is 2.28. The van der Waals surface area contributed by atoms with Crippen LogP contribution in [0.1, 0.15) is 18.8 Å². The Bertz CT molecular complexity index is 1320. The number of fused-ring (bicyclic) bond motifs is 1. The van der Waals surface area contributed by atoms with Gasteiger partial charge in [0.2, 0.25) is 0 Å². The van der Waals surface area contributed by atoms with E-state index in [-0.39, 0.29) is 18.2 Å². The molecule has 1 aromatic heterocycles. The molecule has 0 radical (unpaired) electrons. The summed E-state index contributed by atoms with van der Waals surface area (Å²) in [6, 6.07) is 14.8. The summed E-state index contributed by atoms with van der Waals surface area (Å²) in [5, 5.41) is 11.1. The van der Waals surface area contributed by atoms with Crippen molar-refractivity contribution < 1.29 is 14.6 Å². The van der Waals surface area contributed by atoms with Crippen LogP contribution in [-0.4, -0.2) is 70.6 Å². The van der Waals surface area contributed by atoms with E-state index in [9.17, 15) is 9.90 Å². The lowest BCUT2D eigenvalue weighted by molar-refractivity contribution is -0.0624. The maximum atomic E-state index is 13.7. The topological polar surface area (TPSA) is 80.1 Å². The number of aliphatic hydroxyl groups excluding tert-OH is 1. The molecule has 4 rings (SSSR count). The number of benzene rings is 2. The molecule has 0 spiro atoms. The molecule has 2 unspecified atom stereocenters. The molecule has 0 saturated carbocycles. The van der Waals surface area contributed by atoms with Crippen molar-refractivity contribution in [2.75, 3.05) is 39.9 Å². The molecule has 1 saturated heterocycles. The van der Waals surface area contributed by atoms with Gasteiger partial charge in [-0.1, -0.05) is 49.1 Å². The third-order valence-electron chi connectivity index (χ3n) is 6.60. The molecule has 1 N–H and O–H groups in total. The fourth-order valence-corrected chi connectivity index (χ4v) is 4.55. The predicted octanol–water partition coefficient (Wildman–Crippen LogP) is 3.66. The number of piperazine rings is 1. The quantitative estimate of drug-likeness (QED) is 0.335. The van der Waals surface area contributed by atoms with E-state index in [1.807, 2.05) is 53.4 Å². The van der Waals surface area contributed by atoms with Crippen LogP contribution in [-0.2, 0) is 4.74 Å². The zero-order valence-corrected chi connectivity index (χ0v) is 21.4. The van der Waals surface area contributed by atoms with Crippen LogP contribution in [0.3, 0.4) is 0 Å². The summed E-state index contributed by atoms with van der Waals surface area (Å²) in [6.45, 7) is 8.63. The molecule has 1 aliphatic rings. The minimum Gasteiger partial charge on any atom is -0.497 e. The second-order valence-corrected chi connectivity index (χ2v) is 8.81. The fourth-order valence-electron chi connectivity index (χ4n) is 4.55. The first-order chi connectivity index (χ1) is 18.0. The molecule has 2 aromatic carbocycles. The Morgan fingerprint density at radius 3 is 2.49 bits per heavy atom. The van der Waals surface area contributed by atoms with Crippen LogP contribution in [0.5, 0.6) is 5.75 Å². The van der Waals surface area contributed by atoms with Crippen LogP contribution < -0.4 is 10.3 Å². The Morgan fingerprint density at radius 2 is 1.73 bits per heavy atom. The largest absolute Gasteiger partial charge is 0.497 e. The molecule has 1 fully saturated rings. The standard InChI is InChI=1S/C29H34N4O4/c1-4-5-6-11-20-37-21-27(34)32-18-16-31(17-19-32)22(2)28-30-24-13-8-7-12-23(24)29(35)33(28)25-14-9-10-15-26(25)36-3/h4-15,20,22,27,34H,1,16-19,21H2,2-3H3/b6-5-,20-11+. The van der Waals surface area contributed by atoms with Crippen molar-refractivity contribution in [3.05, 3.63) is 102 Å². The van der Waals surface area contributed by atoms with Crippen LogP contribution in [0.25, 0.3) is 16.6 Å². The molecule has 2 atom stereocenters. The van der Waals surface area contributed by atoms with Gasteiger partial charge in [-0.2, -0.15) is 0 Å². The van der Waals surface area contributed by atoms with Gasteiger partial charge in [0.1, 0.15) is 24.4 Å². The van der Waals surface area contributed by atoms with Crippen LogP contribution in [0.4, 0.5) is 0 Å². The molecular formula is C29H34N4O4. The highest BCUT2D eigenvalue weighted by Gasteiger charge is 2.29. The normalized spacial score (nSPS) is 16.8. The Morgan fingerprint density at radius 1 is 1.03 bits per heavy atom. The SMILES string of the molecule is C=C/C=C\C=C\OCC(O)N1CCN(C(C)c2nc3ccccc3c(=O)n2-c2ccccc2OC)CC1. The number of ether oxygens (including phenoxy) is 2. The molecule has 3 aromatic rings. The molecule has 194 valence electrons. The van der Waals surface area contributed by atoms with Crippen molar-refractivity contribution in [3.8, 4) is 11.4 Å². The first-order valence-corrected chi connectivity index (χ1v) is 12.4. The Hall–Kier alpha value is -3.72. The van der Waals surface area contributed by atoms with E-state index in [0.29, 0.717) is 54.3 Å². The fraction of sp³-hybridized carbons (Fsp3) is 0.310. The average Bonchev–Trinajstić information content (AvgIpc) is 2.94. The van der Waals surface area contributed by atoms with E-state index in [0.717, 1.165) is 0 Å². The zero-order valence-electron chi connectivity index (χ0n) is 21.4. The molecule has 8 heteroatoms.